The molecule has 1 heterocycles. The van der Waals surface area contributed by atoms with Crippen LogP contribution in [-0.2, 0) is 16.0 Å². The molecule has 2 aromatic carbocycles. The molecule has 1 fully saturated rings. The molecule has 0 saturated carbocycles. The van der Waals surface area contributed by atoms with E-state index in [1.807, 2.05) is 5.32 Å². The number of nitrogens with zero attached hydrogens (tertiary/aromatic N) is 1. The number of rotatable bonds is 5. The van der Waals surface area contributed by atoms with Crippen LogP contribution in [0, 0.1) is 5.82 Å². The molecule has 1 aliphatic rings. The third-order valence-electron chi connectivity index (χ3n) is 4.09. The Hall–Kier alpha value is -2.24. The highest BCUT2D eigenvalue weighted by molar-refractivity contribution is 6.30. The first-order valence-corrected chi connectivity index (χ1v) is 8.13. The lowest BCUT2D eigenvalue weighted by Gasteiger charge is -2.14. The Bertz CT molecular complexity index is 764. The molecule has 0 bridgehead atoms. The van der Waals surface area contributed by atoms with Crippen LogP contribution in [0.5, 0.6) is 0 Å². The maximum absolute atomic E-state index is 13.6. The number of nitrogens with two attached hydrogens (primary N) is 1. The standard InChI is InChI=1S/C18H16ClFN2O2/c19-13-5-7-14(8-6-13)22-17(23)11-16(18(22)24)21-10-9-12-3-1-2-4-15(12)20/h1-8,16,21H,9-11H2/p+1/t16-/m0/s1. The summed E-state index contributed by atoms with van der Waals surface area (Å²) in [6.07, 6.45) is 0.657. The Morgan fingerprint density at radius 1 is 1.12 bits per heavy atom. The van der Waals surface area contributed by atoms with Gasteiger partial charge in [-0.05, 0) is 35.9 Å². The second-order valence-corrected chi connectivity index (χ2v) is 6.16. The van der Waals surface area contributed by atoms with E-state index < -0.39 is 6.04 Å². The van der Waals surface area contributed by atoms with Gasteiger partial charge in [0.25, 0.3) is 5.91 Å². The van der Waals surface area contributed by atoms with Gasteiger partial charge in [0, 0.05) is 11.4 Å². The van der Waals surface area contributed by atoms with Crippen molar-refractivity contribution < 1.29 is 19.3 Å². The van der Waals surface area contributed by atoms with Crippen molar-refractivity contribution >= 4 is 29.1 Å². The maximum atomic E-state index is 13.6. The fraction of sp³-hybridized carbons (Fsp3) is 0.222. The van der Waals surface area contributed by atoms with Crippen molar-refractivity contribution in [3.63, 3.8) is 0 Å². The number of anilines is 1. The minimum atomic E-state index is -0.458. The van der Waals surface area contributed by atoms with Gasteiger partial charge in [-0.2, -0.15) is 0 Å². The number of carbonyl (C=O) groups is 2. The van der Waals surface area contributed by atoms with E-state index in [0.29, 0.717) is 29.2 Å². The first kappa shape index (κ1) is 16.6. The van der Waals surface area contributed by atoms with Gasteiger partial charge in [-0.3, -0.25) is 9.59 Å². The van der Waals surface area contributed by atoms with Gasteiger partial charge in [0.1, 0.15) is 5.82 Å². The molecule has 0 aromatic heterocycles. The van der Waals surface area contributed by atoms with E-state index >= 15 is 0 Å². The van der Waals surface area contributed by atoms with E-state index in [1.54, 1.807) is 42.5 Å². The molecule has 0 aliphatic carbocycles. The molecule has 0 spiro atoms. The summed E-state index contributed by atoms with van der Waals surface area (Å²) < 4.78 is 13.6. The monoisotopic (exact) mass is 347 g/mol. The van der Waals surface area contributed by atoms with Gasteiger partial charge >= 0.3 is 0 Å². The number of imide groups is 1. The van der Waals surface area contributed by atoms with E-state index in [4.69, 9.17) is 11.6 Å². The average molecular weight is 348 g/mol. The van der Waals surface area contributed by atoms with Crippen molar-refractivity contribution in [1.82, 2.24) is 0 Å². The summed E-state index contributed by atoms with van der Waals surface area (Å²) in [5, 5.41) is 2.36. The van der Waals surface area contributed by atoms with Crippen LogP contribution in [0.25, 0.3) is 0 Å². The zero-order chi connectivity index (χ0) is 17.1. The van der Waals surface area contributed by atoms with E-state index in [2.05, 4.69) is 0 Å². The topological polar surface area (TPSA) is 54.0 Å². The normalized spacial score (nSPS) is 17.6. The minimum Gasteiger partial charge on any atom is -0.335 e. The van der Waals surface area contributed by atoms with Crippen LogP contribution in [0.4, 0.5) is 10.1 Å². The molecule has 6 heteroatoms. The number of quaternary nitrogens is 1. The van der Waals surface area contributed by atoms with Crippen LogP contribution in [0.15, 0.2) is 48.5 Å². The van der Waals surface area contributed by atoms with Crippen LogP contribution in [-0.4, -0.2) is 24.4 Å². The lowest BCUT2D eigenvalue weighted by Crippen LogP contribution is -2.92. The van der Waals surface area contributed by atoms with Gasteiger partial charge in [0.15, 0.2) is 6.04 Å². The second kappa shape index (κ2) is 7.11. The minimum absolute atomic E-state index is 0.152. The van der Waals surface area contributed by atoms with Crippen molar-refractivity contribution in [3.8, 4) is 0 Å². The van der Waals surface area contributed by atoms with Gasteiger partial charge < -0.3 is 5.32 Å². The molecule has 1 atom stereocenters. The van der Waals surface area contributed by atoms with Gasteiger partial charge in [-0.1, -0.05) is 29.8 Å². The molecule has 1 aliphatic heterocycles. The quantitative estimate of drug-likeness (QED) is 0.840. The molecule has 3 rings (SSSR count). The molecular weight excluding hydrogens is 331 g/mol. The Morgan fingerprint density at radius 2 is 1.83 bits per heavy atom. The molecule has 2 aromatic rings. The van der Waals surface area contributed by atoms with Crippen LogP contribution in [0.1, 0.15) is 12.0 Å². The number of carbonyl (C=O) groups excluding carboxylic acids is 2. The van der Waals surface area contributed by atoms with Crippen LogP contribution < -0.4 is 10.2 Å². The van der Waals surface area contributed by atoms with Crippen molar-refractivity contribution in [3.05, 3.63) is 64.9 Å². The zero-order valence-corrected chi connectivity index (χ0v) is 13.7. The summed E-state index contributed by atoms with van der Waals surface area (Å²) >= 11 is 5.83. The summed E-state index contributed by atoms with van der Waals surface area (Å²) in [7, 11) is 0. The Kier molecular flexibility index (Phi) is 4.92. The molecule has 2 amide bonds. The van der Waals surface area contributed by atoms with Gasteiger partial charge in [0.2, 0.25) is 5.91 Å². The maximum Gasteiger partial charge on any atom is 0.292 e. The van der Waals surface area contributed by atoms with Gasteiger partial charge in [-0.15, -0.1) is 0 Å². The van der Waals surface area contributed by atoms with Gasteiger partial charge in [0.05, 0.1) is 18.7 Å². The molecule has 4 nitrogen and oxygen atoms in total. The smallest absolute Gasteiger partial charge is 0.292 e. The molecule has 1 saturated heterocycles. The second-order valence-electron chi connectivity index (χ2n) is 5.72. The van der Waals surface area contributed by atoms with E-state index in [9.17, 15) is 14.0 Å². The number of halogens is 2. The molecule has 24 heavy (non-hydrogen) atoms. The molecule has 124 valence electrons. The van der Waals surface area contributed by atoms with E-state index in [-0.39, 0.29) is 24.1 Å². The lowest BCUT2D eigenvalue weighted by atomic mass is 10.1. The number of hydrogen-bond donors (Lipinski definition) is 1. The number of amides is 2. The molecule has 0 unspecified atom stereocenters. The van der Waals surface area contributed by atoms with Crippen molar-refractivity contribution in [2.45, 2.75) is 18.9 Å². The predicted molar refractivity (Wildman–Crippen MR) is 89.2 cm³/mol. The zero-order valence-electron chi connectivity index (χ0n) is 12.9. The summed E-state index contributed by atoms with van der Waals surface area (Å²) in [6.45, 7) is 0.541. The third kappa shape index (κ3) is 3.47. The largest absolute Gasteiger partial charge is 0.335 e. The molecule has 0 radical (unpaired) electrons. The predicted octanol–water partition coefficient (Wildman–Crippen LogP) is 1.92. The van der Waals surface area contributed by atoms with Crippen LogP contribution in [0.3, 0.4) is 0 Å². The molecule has 2 N–H and O–H groups in total. The lowest BCUT2D eigenvalue weighted by molar-refractivity contribution is -0.674. The first-order chi connectivity index (χ1) is 11.6. The van der Waals surface area contributed by atoms with Crippen molar-refractivity contribution in [2.75, 3.05) is 11.4 Å². The fourth-order valence-electron chi connectivity index (χ4n) is 2.84. The Morgan fingerprint density at radius 3 is 2.54 bits per heavy atom. The highest BCUT2D eigenvalue weighted by atomic mass is 35.5. The van der Waals surface area contributed by atoms with Crippen molar-refractivity contribution in [1.29, 1.82) is 0 Å². The average Bonchev–Trinajstić information content (AvgIpc) is 2.84. The highest BCUT2D eigenvalue weighted by Gasteiger charge is 2.42. The van der Waals surface area contributed by atoms with E-state index in [0.717, 1.165) is 0 Å². The number of hydrogen-bond acceptors (Lipinski definition) is 2. The Labute approximate surface area is 144 Å². The fourth-order valence-corrected chi connectivity index (χ4v) is 2.97. The summed E-state index contributed by atoms with van der Waals surface area (Å²) in [5.74, 6) is -0.715. The summed E-state index contributed by atoms with van der Waals surface area (Å²) in [5.41, 5.74) is 1.14. The summed E-state index contributed by atoms with van der Waals surface area (Å²) in [4.78, 5) is 25.8. The van der Waals surface area contributed by atoms with Gasteiger partial charge in [-0.25, -0.2) is 9.29 Å². The Balaban J connectivity index is 1.62. The summed E-state index contributed by atoms with van der Waals surface area (Å²) in [6, 6.07) is 12.7. The molecular formula is C18H17ClFN2O2+. The SMILES string of the molecule is O=C1C[C@H]([NH2+]CCc2ccccc2F)C(=O)N1c1ccc(Cl)cc1. The highest BCUT2D eigenvalue weighted by Crippen LogP contribution is 2.23. The third-order valence-corrected chi connectivity index (χ3v) is 4.34. The van der Waals surface area contributed by atoms with Crippen molar-refractivity contribution in [2.24, 2.45) is 0 Å². The first-order valence-electron chi connectivity index (χ1n) is 7.75. The van der Waals surface area contributed by atoms with Crippen LogP contribution in [0.2, 0.25) is 5.02 Å². The van der Waals surface area contributed by atoms with Crippen LogP contribution >= 0.6 is 11.6 Å². The number of benzene rings is 2. The van der Waals surface area contributed by atoms with E-state index in [1.165, 1.54) is 11.0 Å².